The van der Waals surface area contributed by atoms with Gasteiger partial charge < -0.3 is 0 Å². The molecule has 0 radical (unpaired) electrons. The molecule has 0 heterocycles. The molecule has 78 valence electrons. The lowest BCUT2D eigenvalue weighted by Gasteiger charge is -2.00. The van der Waals surface area contributed by atoms with E-state index in [9.17, 15) is 4.79 Å². The van der Waals surface area contributed by atoms with Crippen molar-refractivity contribution in [3.8, 4) is 6.07 Å². The van der Waals surface area contributed by atoms with Gasteiger partial charge in [-0.15, -0.1) is 0 Å². The summed E-state index contributed by atoms with van der Waals surface area (Å²) in [5.74, 6) is 0.201. The van der Waals surface area contributed by atoms with Crippen LogP contribution < -0.4 is 0 Å². The van der Waals surface area contributed by atoms with Gasteiger partial charge in [-0.1, -0.05) is 30.3 Å². The molecule has 0 aliphatic carbocycles. The van der Waals surface area contributed by atoms with Crippen molar-refractivity contribution < 1.29 is 4.79 Å². The Bertz CT molecular complexity index is 337. The first-order valence-electron chi connectivity index (χ1n) is 5.25. The summed E-state index contributed by atoms with van der Waals surface area (Å²) in [5.41, 5.74) is 1.27. The van der Waals surface area contributed by atoms with E-state index in [-0.39, 0.29) is 5.78 Å². The molecule has 0 amide bonds. The molecule has 0 aliphatic rings. The van der Waals surface area contributed by atoms with E-state index in [0.717, 1.165) is 12.8 Å². The van der Waals surface area contributed by atoms with Crippen molar-refractivity contribution in [3.05, 3.63) is 35.9 Å². The molecule has 1 rings (SSSR count). The zero-order valence-corrected chi connectivity index (χ0v) is 8.78. The Balaban J connectivity index is 2.17. The van der Waals surface area contributed by atoms with Gasteiger partial charge in [0.05, 0.1) is 6.07 Å². The third-order valence-electron chi connectivity index (χ3n) is 2.28. The van der Waals surface area contributed by atoms with Crippen LogP contribution in [0.5, 0.6) is 0 Å². The van der Waals surface area contributed by atoms with Gasteiger partial charge in [0.2, 0.25) is 0 Å². The largest absolute Gasteiger partial charge is 0.300 e. The second-order valence-corrected chi connectivity index (χ2v) is 3.54. The first-order valence-corrected chi connectivity index (χ1v) is 5.25. The molecule has 1 aromatic rings. The van der Waals surface area contributed by atoms with Crippen LogP contribution in [0, 0.1) is 11.3 Å². The predicted octanol–water partition coefficient (Wildman–Crippen LogP) is 2.88. The quantitative estimate of drug-likeness (QED) is 0.710. The maximum Gasteiger partial charge on any atom is 0.133 e. The molecule has 0 spiro atoms. The number of rotatable bonds is 6. The fraction of sp³-hybridized carbons (Fsp3) is 0.385. The van der Waals surface area contributed by atoms with E-state index in [0.29, 0.717) is 19.3 Å². The monoisotopic (exact) mass is 201 g/mol. The number of benzene rings is 1. The molecular formula is C13H15NO. The van der Waals surface area contributed by atoms with Crippen LogP contribution in [-0.2, 0) is 11.2 Å². The summed E-state index contributed by atoms with van der Waals surface area (Å²) < 4.78 is 0. The van der Waals surface area contributed by atoms with E-state index in [4.69, 9.17) is 5.26 Å². The number of carbonyl (C=O) groups is 1. The Morgan fingerprint density at radius 2 is 1.93 bits per heavy atom. The number of ketones is 1. The average molecular weight is 201 g/mol. The molecule has 1 aromatic carbocycles. The molecule has 2 heteroatoms. The highest BCUT2D eigenvalue weighted by Gasteiger charge is 2.01. The molecule has 0 saturated heterocycles. The van der Waals surface area contributed by atoms with Gasteiger partial charge in [0, 0.05) is 19.3 Å². The Labute approximate surface area is 90.5 Å². The lowest BCUT2D eigenvalue weighted by Crippen LogP contribution is -1.98. The van der Waals surface area contributed by atoms with Crippen LogP contribution in [0.4, 0.5) is 0 Å². The summed E-state index contributed by atoms with van der Waals surface area (Å²) in [6.07, 6.45) is 3.18. The van der Waals surface area contributed by atoms with Crippen molar-refractivity contribution in [1.82, 2.24) is 0 Å². The highest BCUT2D eigenvalue weighted by molar-refractivity contribution is 5.78. The molecule has 0 fully saturated rings. The van der Waals surface area contributed by atoms with Gasteiger partial charge in [0.15, 0.2) is 0 Å². The van der Waals surface area contributed by atoms with Crippen LogP contribution in [-0.4, -0.2) is 5.78 Å². The second-order valence-electron chi connectivity index (χ2n) is 3.54. The van der Waals surface area contributed by atoms with Gasteiger partial charge in [0.1, 0.15) is 5.78 Å². The van der Waals surface area contributed by atoms with Gasteiger partial charge in [-0.2, -0.15) is 5.26 Å². The Kier molecular flexibility index (Phi) is 5.18. The maximum atomic E-state index is 11.2. The molecule has 0 N–H and O–H groups in total. The third kappa shape index (κ3) is 4.97. The number of nitrogens with zero attached hydrogens (tertiary/aromatic N) is 1. The van der Waals surface area contributed by atoms with Crippen LogP contribution in [0.2, 0.25) is 0 Å². The molecule has 15 heavy (non-hydrogen) atoms. The number of carbonyl (C=O) groups excluding carboxylic acids is 1. The van der Waals surface area contributed by atoms with Crippen molar-refractivity contribution in [2.75, 3.05) is 0 Å². The summed E-state index contributed by atoms with van der Waals surface area (Å²) >= 11 is 0. The van der Waals surface area contributed by atoms with Crippen molar-refractivity contribution in [2.45, 2.75) is 32.1 Å². The van der Waals surface area contributed by atoms with E-state index in [1.165, 1.54) is 5.56 Å². The fourth-order valence-electron chi connectivity index (χ4n) is 1.45. The topological polar surface area (TPSA) is 40.9 Å². The van der Waals surface area contributed by atoms with Crippen molar-refractivity contribution in [3.63, 3.8) is 0 Å². The highest BCUT2D eigenvalue weighted by atomic mass is 16.1. The number of Topliss-reactive ketones (excluding diaryl/α,β-unsaturated/α-hetero) is 1. The summed E-state index contributed by atoms with van der Waals surface area (Å²) in [6, 6.07) is 12.1. The summed E-state index contributed by atoms with van der Waals surface area (Å²) in [7, 11) is 0. The van der Waals surface area contributed by atoms with E-state index in [1.807, 2.05) is 24.3 Å². The minimum Gasteiger partial charge on any atom is -0.300 e. The van der Waals surface area contributed by atoms with Gasteiger partial charge in [-0.3, -0.25) is 4.79 Å². The van der Waals surface area contributed by atoms with Gasteiger partial charge in [0.25, 0.3) is 0 Å². The zero-order chi connectivity index (χ0) is 10.9. The third-order valence-corrected chi connectivity index (χ3v) is 2.28. The van der Waals surface area contributed by atoms with Gasteiger partial charge in [-0.25, -0.2) is 0 Å². The number of hydrogen-bond donors (Lipinski definition) is 0. The van der Waals surface area contributed by atoms with Crippen molar-refractivity contribution in [2.24, 2.45) is 0 Å². The predicted molar refractivity (Wildman–Crippen MR) is 59.2 cm³/mol. The number of hydrogen-bond acceptors (Lipinski definition) is 2. The van der Waals surface area contributed by atoms with E-state index in [1.54, 1.807) is 0 Å². The standard InChI is InChI=1S/C13H15NO/c14-11-5-10-13(15)9-4-8-12-6-2-1-3-7-12/h1-3,6-7H,4-5,8-10H2. The SMILES string of the molecule is N#CCCC(=O)CCCc1ccccc1. The molecular weight excluding hydrogens is 186 g/mol. The lowest BCUT2D eigenvalue weighted by atomic mass is 10.1. The van der Waals surface area contributed by atoms with Crippen LogP contribution in [0.25, 0.3) is 0 Å². The highest BCUT2D eigenvalue weighted by Crippen LogP contribution is 2.06. The fourth-order valence-corrected chi connectivity index (χ4v) is 1.45. The van der Waals surface area contributed by atoms with Crippen LogP contribution in [0.15, 0.2) is 30.3 Å². The first-order chi connectivity index (χ1) is 7.33. The average Bonchev–Trinajstić information content (AvgIpc) is 2.28. The summed E-state index contributed by atoms with van der Waals surface area (Å²) in [4.78, 5) is 11.2. The minimum absolute atomic E-state index is 0.201. The summed E-state index contributed by atoms with van der Waals surface area (Å²) in [5, 5.41) is 8.32. The van der Waals surface area contributed by atoms with Gasteiger partial charge >= 0.3 is 0 Å². The number of nitriles is 1. The second kappa shape index (κ2) is 6.78. The normalized spacial score (nSPS) is 9.53. The molecule has 0 saturated carbocycles. The van der Waals surface area contributed by atoms with Crippen LogP contribution in [0.1, 0.15) is 31.2 Å². The lowest BCUT2D eigenvalue weighted by molar-refractivity contribution is -0.119. The molecule has 0 bridgehead atoms. The molecule has 0 aromatic heterocycles. The van der Waals surface area contributed by atoms with Crippen molar-refractivity contribution >= 4 is 5.78 Å². The molecule has 0 aliphatic heterocycles. The maximum absolute atomic E-state index is 11.2. The van der Waals surface area contributed by atoms with E-state index < -0.39 is 0 Å². The van der Waals surface area contributed by atoms with Crippen molar-refractivity contribution in [1.29, 1.82) is 5.26 Å². The van der Waals surface area contributed by atoms with Crippen LogP contribution in [0.3, 0.4) is 0 Å². The molecule has 2 nitrogen and oxygen atoms in total. The first kappa shape index (κ1) is 11.5. The Hall–Kier alpha value is -1.62. The zero-order valence-electron chi connectivity index (χ0n) is 8.78. The van der Waals surface area contributed by atoms with E-state index in [2.05, 4.69) is 12.1 Å². The minimum atomic E-state index is 0.201. The molecule has 0 unspecified atom stereocenters. The van der Waals surface area contributed by atoms with E-state index >= 15 is 0 Å². The Morgan fingerprint density at radius 3 is 2.60 bits per heavy atom. The smallest absolute Gasteiger partial charge is 0.133 e. The van der Waals surface area contributed by atoms with Gasteiger partial charge in [-0.05, 0) is 18.4 Å². The summed E-state index contributed by atoms with van der Waals surface area (Å²) in [6.45, 7) is 0. The molecule has 0 atom stereocenters. The Morgan fingerprint density at radius 1 is 1.20 bits per heavy atom. The van der Waals surface area contributed by atoms with Crippen LogP contribution >= 0.6 is 0 Å². The number of aryl methyl sites for hydroxylation is 1.